The van der Waals surface area contributed by atoms with Crippen LogP contribution >= 0.6 is 11.6 Å². The van der Waals surface area contributed by atoms with Crippen LogP contribution < -0.4 is 20.1 Å². The summed E-state index contributed by atoms with van der Waals surface area (Å²) >= 11 is 6.04. The predicted octanol–water partition coefficient (Wildman–Crippen LogP) is 2.53. The fourth-order valence-corrected chi connectivity index (χ4v) is 2.19. The second kappa shape index (κ2) is 8.75. The van der Waals surface area contributed by atoms with Crippen LogP contribution in [-0.4, -0.2) is 43.8 Å². The zero-order valence-electron chi connectivity index (χ0n) is 15.6. The van der Waals surface area contributed by atoms with Crippen molar-refractivity contribution in [1.82, 2.24) is 10.6 Å². The SMILES string of the molecule is COc1cc(C(=O)OC(C)C(=O)NC(=O)NC(C)(C)C)cc(Cl)c1OC. The summed E-state index contributed by atoms with van der Waals surface area (Å²) in [7, 11) is 2.81. The molecule has 1 rings (SSSR count). The van der Waals surface area contributed by atoms with Gasteiger partial charge >= 0.3 is 12.0 Å². The minimum Gasteiger partial charge on any atom is -0.493 e. The van der Waals surface area contributed by atoms with Crippen molar-refractivity contribution >= 4 is 29.5 Å². The fraction of sp³-hybridized carbons (Fsp3) is 0.471. The van der Waals surface area contributed by atoms with Crippen molar-refractivity contribution in [2.45, 2.75) is 39.3 Å². The fourth-order valence-electron chi connectivity index (χ4n) is 1.90. The lowest BCUT2D eigenvalue weighted by molar-refractivity contribution is -0.127. The average Bonchev–Trinajstić information content (AvgIpc) is 2.51. The topological polar surface area (TPSA) is 103 Å². The van der Waals surface area contributed by atoms with Gasteiger partial charge in [-0.2, -0.15) is 0 Å². The Bertz CT molecular complexity index is 699. The van der Waals surface area contributed by atoms with E-state index in [9.17, 15) is 14.4 Å². The van der Waals surface area contributed by atoms with Gasteiger partial charge in [-0.1, -0.05) is 11.6 Å². The van der Waals surface area contributed by atoms with E-state index in [1.165, 1.54) is 33.3 Å². The van der Waals surface area contributed by atoms with Gasteiger partial charge in [-0.3, -0.25) is 10.1 Å². The molecule has 0 aliphatic rings. The summed E-state index contributed by atoms with van der Waals surface area (Å²) in [5, 5.41) is 4.83. The third kappa shape index (κ3) is 6.11. The van der Waals surface area contributed by atoms with Gasteiger partial charge in [-0.15, -0.1) is 0 Å². The molecule has 2 N–H and O–H groups in total. The Morgan fingerprint density at radius 1 is 1.12 bits per heavy atom. The van der Waals surface area contributed by atoms with Crippen LogP contribution in [0.25, 0.3) is 0 Å². The highest BCUT2D eigenvalue weighted by atomic mass is 35.5. The van der Waals surface area contributed by atoms with Crippen molar-refractivity contribution in [3.05, 3.63) is 22.7 Å². The molecule has 0 spiro atoms. The third-order valence-electron chi connectivity index (χ3n) is 3.05. The number of methoxy groups -OCH3 is 2. The Morgan fingerprint density at radius 3 is 2.23 bits per heavy atom. The molecule has 1 unspecified atom stereocenters. The summed E-state index contributed by atoms with van der Waals surface area (Å²) in [4.78, 5) is 35.9. The molecule has 0 aliphatic carbocycles. The number of urea groups is 1. The number of rotatable bonds is 5. The quantitative estimate of drug-likeness (QED) is 0.754. The molecule has 3 amide bonds. The minimum absolute atomic E-state index is 0.0754. The third-order valence-corrected chi connectivity index (χ3v) is 3.33. The Morgan fingerprint density at radius 2 is 1.73 bits per heavy atom. The van der Waals surface area contributed by atoms with Gasteiger partial charge in [0.05, 0.1) is 24.8 Å². The molecule has 1 aromatic rings. The van der Waals surface area contributed by atoms with E-state index in [0.717, 1.165) is 0 Å². The average molecular weight is 387 g/mol. The van der Waals surface area contributed by atoms with Gasteiger partial charge in [0.1, 0.15) is 0 Å². The molecule has 144 valence electrons. The van der Waals surface area contributed by atoms with Crippen LogP contribution in [0.1, 0.15) is 38.1 Å². The molecule has 0 bridgehead atoms. The first-order valence-corrected chi connectivity index (χ1v) is 8.11. The summed E-state index contributed by atoms with van der Waals surface area (Å²) in [6.45, 7) is 6.64. The second-order valence-corrected chi connectivity index (χ2v) is 6.84. The van der Waals surface area contributed by atoms with Crippen LogP contribution in [0, 0.1) is 0 Å². The molecule has 0 radical (unpaired) electrons. The normalized spacial score (nSPS) is 12.0. The van der Waals surface area contributed by atoms with Gasteiger partial charge in [0, 0.05) is 5.54 Å². The Labute approximate surface area is 157 Å². The lowest BCUT2D eigenvalue weighted by Gasteiger charge is -2.21. The molecule has 1 aromatic carbocycles. The van der Waals surface area contributed by atoms with E-state index in [4.69, 9.17) is 25.8 Å². The molecule has 0 aliphatic heterocycles. The van der Waals surface area contributed by atoms with Crippen LogP contribution in [0.2, 0.25) is 5.02 Å². The van der Waals surface area contributed by atoms with E-state index in [-0.39, 0.29) is 22.1 Å². The Balaban J connectivity index is 2.79. The first-order valence-electron chi connectivity index (χ1n) is 7.74. The first-order chi connectivity index (χ1) is 12.0. The molecule has 1 atom stereocenters. The highest BCUT2D eigenvalue weighted by Gasteiger charge is 2.24. The Kier molecular flexibility index (Phi) is 7.26. The molecule has 0 heterocycles. The number of nitrogens with one attached hydrogen (secondary N) is 2. The van der Waals surface area contributed by atoms with Crippen molar-refractivity contribution in [2.24, 2.45) is 0 Å². The molecule has 26 heavy (non-hydrogen) atoms. The number of carbonyl (C=O) groups is 3. The molecule has 9 heteroatoms. The number of halogens is 1. The van der Waals surface area contributed by atoms with E-state index in [2.05, 4.69) is 10.6 Å². The number of esters is 1. The van der Waals surface area contributed by atoms with Crippen LogP contribution in [0.3, 0.4) is 0 Å². The maximum atomic E-state index is 12.2. The van der Waals surface area contributed by atoms with E-state index >= 15 is 0 Å². The number of amides is 3. The summed E-state index contributed by atoms with van der Waals surface area (Å²) in [5.74, 6) is -1.04. The van der Waals surface area contributed by atoms with E-state index in [0.29, 0.717) is 0 Å². The lowest BCUT2D eigenvalue weighted by Crippen LogP contribution is -2.50. The number of hydrogen-bond acceptors (Lipinski definition) is 6. The van der Waals surface area contributed by atoms with Gasteiger partial charge < -0.3 is 19.5 Å². The first kappa shape index (κ1) is 21.6. The maximum Gasteiger partial charge on any atom is 0.339 e. The van der Waals surface area contributed by atoms with E-state index in [1.54, 1.807) is 20.8 Å². The molecule has 0 aromatic heterocycles. The number of carbonyl (C=O) groups excluding carboxylic acids is 3. The van der Waals surface area contributed by atoms with Gasteiger partial charge in [-0.25, -0.2) is 9.59 Å². The highest BCUT2D eigenvalue weighted by molar-refractivity contribution is 6.32. The smallest absolute Gasteiger partial charge is 0.339 e. The minimum atomic E-state index is -1.19. The monoisotopic (exact) mass is 386 g/mol. The van der Waals surface area contributed by atoms with Gasteiger partial charge in [0.15, 0.2) is 17.6 Å². The van der Waals surface area contributed by atoms with Crippen molar-refractivity contribution in [2.75, 3.05) is 14.2 Å². The van der Waals surface area contributed by atoms with Gasteiger partial charge in [0.25, 0.3) is 5.91 Å². The number of hydrogen-bond donors (Lipinski definition) is 2. The maximum absolute atomic E-state index is 12.2. The highest BCUT2D eigenvalue weighted by Crippen LogP contribution is 2.36. The van der Waals surface area contributed by atoms with Crippen LogP contribution in [0.5, 0.6) is 11.5 Å². The molecule has 0 fully saturated rings. The predicted molar refractivity (Wildman–Crippen MR) is 95.9 cm³/mol. The van der Waals surface area contributed by atoms with E-state index < -0.39 is 29.6 Å². The summed E-state index contributed by atoms with van der Waals surface area (Å²) in [6.07, 6.45) is -1.19. The molecule has 0 saturated heterocycles. The van der Waals surface area contributed by atoms with E-state index in [1.807, 2.05) is 0 Å². The van der Waals surface area contributed by atoms with Crippen molar-refractivity contribution in [3.8, 4) is 11.5 Å². The molecule has 0 saturated carbocycles. The number of imide groups is 1. The van der Waals surface area contributed by atoms with Crippen molar-refractivity contribution < 1.29 is 28.6 Å². The van der Waals surface area contributed by atoms with Crippen molar-refractivity contribution in [1.29, 1.82) is 0 Å². The molecular weight excluding hydrogens is 364 g/mol. The molecular formula is C17H23ClN2O6. The zero-order valence-corrected chi connectivity index (χ0v) is 16.3. The van der Waals surface area contributed by atoms with Gasteiger partial charge in [0.2, 0.25) is 0 Å². The number of ether oxygens (including phenoxy) is 3. The zero-order chi connectivity index (χ0) is 20.1. The summed E-state index contributed by atoms with van der Waals surface area (Å²) < 4.78 is 15.3. The number of benzene rings is 1. The Hall–Kier alpha value is -2.48. The van der Waals surface area contributed by atoms with Crippen LogP contribution in [0.4, 0.5) is 4.79 Å². The van der Waals surface area contributed by atoms with Gasteiger partial charge in [-0.05, 0) is 39.8 Å². The lowest BCUT2D eigenvalue weighted by atomic mass is 10.1. The standard InChI is InChI=1S/C17H23ClN2O6/c1-9(14(21)19-16(23)20-17(2,3)4)26-15(22)10-7-11(18)13(25-6)12(8-10)24-5/h7-9H,1-6H3,(H2,19,20,21,23). The summed E-state index contributed by atoms with van der Waals surface area (Å²) in [6, 6.07) is 2.03. The second-order valence-electron chi connectivity index (χ2n) is 6.43. The van der Waals surface area contributed by atoms with Crippen molar-refractivity contribution in [3.63, 3.8) is 0 Å². The largest absolute Gasteiger partial charge is 0.493 e. The van der Waals surface area contributed by atoms with Crippen LogP contribution in [-0.2, 0) is 9.53 Å². The van der Waals surface area contributed by atoms with Crippen LogP contribution in [0.15, 0.2) is 12.1 Å². The summed E-state index contributed by atoms with van der Waals surface area (Å²) in [5.41, 5.74) is -0.438. The molecule has 8 nitrogen and oxygen atoms in total.